The van der Waals surface area contributed by atoms with Gasteiger partial charge in [-0.15, -0.1) is 0 Å². The van der Waals surface area contributed by atoms with E-state index in [9.17, 15) is 17.9 Å². The second-order valence-electron chi connectivity index (χ2n) is 6.24. The lowest BCUT2D eigenvalue weighted by Crippen LogP contribution is -2.33. The van der Waals surface area contributed by atoms with Crippen LogP contribution in [0.15, 0.2) is 12.1 Å². The lowest BCUT2D eigenvalue weighted by atomic mass is 10.1. The van der Waals surface area contributed by atoms with E-state index in [-0.39, 0.29) is 18.1 Å². The molecule has 2 rings (SSSR count). The first-order chi connectivity index (χ1) is 10.6. The third-order valence-electron chi connectivity index (χ3n) is 4.22. The van der Waals surface area contributed by atoms with Crippen LogP contribution < -0.4 is 0 Å². The van der Waals surface area contributed by atoms with E-state index in [2.05, 4.69) is 0 Å². The number of aliphatic hydroxyl groups is 1. The summed E-state index contributed by atoms with van der Waals surface area (Å²) in [7, 11) is -0.450. The standard InChI is InChI=1S/C15H22ClFN2O3S/c1-10-4-5-13(16)12(15(10)17)7-19-6-11(14(20)8-19)9-23(21,22)18(2)3/h4-5,11,14,20H,6-9H2,1-3H3/t11-,14+/m0/s1. The summed E-state index contributed by atoms with van der Waals surface area (Å²) in [5.41, 5.74) is 0.894. The molecule has 1 saturated heterocycles. The van der Waals surface area contributed by atoms with Crippen molar-refractivity contribution in [2.24, 2.45) is 5.92 Å². The van der Waals surface area contributed by atoms with E-state index in [4.69, 9.17) is 11.6 Å². The van der Waals surface area contributed by atoms with Crippen LogP contribution >= 0.6 is 11.6 Å². The molecule has 1 aliphatic rings. The molecule has 1 aromatic rings. The van der Waals surface area contributed by atoms with Crippen LogP contribution in [0.1, 0.15) is 11.1 Å². The van der Waals surface area contributed by atoms with E-state index in [1.54, 1.807) is 19.1 Å². The molecule has 1 fully saturated rings. The van der Waals surface area contributed by atoms with E-state index >= 15 is 0 Å². The van der Waals surface area contributed by atoms with Crippen LogP contribution in [0.2, 0.25) is 5.02 Å². The zero-order valence-corrected chi connectivity index (χ0v) is 15.0. The predicted molar refractivity (Wildman–Crippen MR) is 88.4 cm³/mol. The summed E-state index contributed by atoms with van der Waals surface area (Å²) in [6, 6.07) is 3.27. The Balaban J connectivity index is 2.09. The van der Waals surface area contributed by atoms with Gasteiger partial charge in [-0.25, -0.2) is 17.1 Å². The first kappa shape index (κ1) is 18.6. The van der Waals surface area contributed by atoms with Crippen molar-refractivity contribution < 1.29 is 17.9 Å². The molecule has 8 heteroatoms. The molecule has 0 aromatic heterocycles. The Morgan fingerprint density at radius 3 is 2.65 bits per heavy atom. The molecule has 0 amide bonds. The van der Waals surface area contributed by atoms with Crippen molar-refractivity contribution in [3.63, 3.8) is 0 Å². The molecule has 0 radical (unpaired) electrons. The average molecular weight is 365 g/mol. The highest BCUT2D eigenvalue weighted by Gasteiger charge is 2.35. The molecule has 0 aliphatic carbocycles. The van der Waals surface area contributed by atoms with Crippen molar-refractivity contribution in [2.75, 3.05) is 32.9 Å². The SMILES string of the molecule is Cc1ccc(Cl)c(CN2C[C@@H](CS(=O)(=O)N(C)C)[C@H](O)C2)c1F. The number of halogens is 2. The van der Waals surface area contributed by atoms with Gasteiger partial charge in [-0.05, 0) is 18.6 Å². The van der Waals surface area contributed by atoms with Crippen LogP contribution in [0, 0.1) is 18.7 Å². The molecule has 0 saturated carbocycles. The monoisotopic (exact) mass is 364 g/mol. The molecule has 5 nitrogen and oxygen atoms in total. The Kier molecular flexibility index (Phi) is 5.68. The maximum absolute atomic E-state index is 14.2. The molecular weight excluding hydrogens is 343 g/mol. The van der Waals surface area contributed by atoms with Gasteiger partial charge >= 0.3 is 0 Å². The van der Waals surface area contributed by atoms with Crippen LogP contribution in [0.5, 0.6) is 0 Å². The highest BCUT2D eigenvalue weighted by atomic mass is 35.5. The summed E-state index contributed by atoms with van der Waals surface area (Å²) in [6.07, 6.45) is -0.753. The van der Waals surface area contributed by atoms with Crippen molar-refractivity contribution >= 4 is 21.6 Å². The number of aryl methyl sites for hydroxylation is 1. The van der Waals surface area contributed by atoms with Gasteiger partial charge in [0.2, 0.25) is 10.0 Å². The smallest absolute Gasteiger partial charge is 0.214 e. The second-order valence-corrected chi connectivity index (χ2v) is 8.87. The van der Waals surface area contributed by atoms with Gasteiger partial charge in [-0.1, -0.05) is 17.7 Å². The lowest BCUT2D eigenvalue weighted by molar-refractivity contribution is 0.148. The maximum atomic E-state index is 14.2. The van der Waals surface area contributed by atoms with Crippen molar-refractivity contribution in [3.8, 4) is 0 Å². The number of rotatable bonds is 5. The molecular formula is C15H22ClFN2O3S. The molecule has 0 bridgehead atoms. The normalized spacial score (nSPS) is 22.9. The third-order valence-corrected chi connectivity index (χ3v) is 6.54. The minimum absolute atomic E-state index is 0.123. The highest BCUT2D eigenvalue weighted by molar-refractivity contribution is 7.89. The fourth-order valence-corrected chi connectivity index (χ4v) is 4.11. The molecule has 1 heterocycles. The van der Waals surface area contributed by atoms with Crippen LogP contribution in [-0.4, -0.2) is 61.8 Å². The topological polar surface area (TPSA) is 60.9 Å². The fraction of sp³-hybridized carbons (Fsp3) is 0.600. The molecule has 0 unspecified atom stereocenters. The van der Waals surface area contributed by atoms with Gasteiger partial charge in [0, 0.05) is 50.2 Å². The Hall–Kier alpha value is -0.730. The summed E-state index contributed by atoms with van der Waals surface area (Å²) in [6.45, 7) is 2.61. The van der Waals surface area contributed by atoms with Gasteiger partial charge in [0.25, 0.3) is 0 Å². The zero-order chi connectivity index (χ0) is 17.4. The van der Waals surface area contributed by atoms with Gasteiger partial charge in [0.15, 0.2) is 0 Å². The second kappa shape index (κ2) is 7.03. The molecule has 130 valence electrons. The van der Waals surface area contributed by atoms with Crippen molar-refractivity contribution in [1.82, 2.24) is 9.21 Å². The number of aliphatic hydroxyl groups excluding tert-OH is 1. The quantitative estimate of drug-likeness (QED) is 0.859. The van der Waals surface area contributed by atoms with E-state index in [1.165, 1.54) is 14.1 Å². The Morgan fingerprint density at radius 2 is 2.04 bits per heavy atom. The molecule has 1 aromatic carbocycles. The highest BCUT2D eigenvalue weighted by Crippen LogP contribution is 2.27. The van der Waals surface area contributed by atoms with Crippen LogP contribution in [0.4, 0.5) is 4.39 Å². The fourth-order valence-electron chi connectivity index (χ4n) is 2.74. The lowest BCUT2D eigenvalue weighted by Gasteiger charge is -2.19. The Bertz CT molecular complexity index is 682. The van der Waals surface area contributed by atoms with Crippen molar-refractivity contribution in [3.05, 3.63) is 34.1 Å². The maximum Gasteiger partial charge on any atom is 0.214 e. The molecule has 1 N–H and O–H groups in total. The Morgan fingerprint density at radius 1 is 1.39 bits per heavy atom. The average Bonchev–Trinajstić information content (AvgIpc) is 2.78. The van der Waals surface area contributed by atoms with Crippen LogP contribution in [0.25, 0.3) is 0 Å². The summed E-state index contributed by atoms with van der Waals surface area (Å²) in [5.74, 6) is -0.868. The summed E-state index contributed by atoms with van der Waals surface area (Å²) in [4.78, 5) is 1.84. The van der Waals surface area contributed by atoms with Gasteiger partial charge in [-0.3, -0.25) is 4.90 Å². The van der Waals surface area contributed by atoms with Crippen molar-refractivity contribution in [1.29, 1.82) is 0 Å². The molecule has 1 aliphatic heterocycles. The Labute approximate surface area is 141 Å². The van der Waals surface area contributed by atoms with Gasteiger partial charge < -0.3 is 5.11 Å². The van der Waals surface area contributed by atoms with E-state index < -0.39 is 22.0 Å². The largest absolute Gasteiger partial charge is 0.391 e. The number of benzene rings is 1. The van der Waals surface area contributed by atoms with Crippen LogP contribution in [0.3, 0.4) is 0 Å². The molecule has 23 heavy (non-hydrogen) atoms. The zero-order valence-electron chi connectivity index (χ0n) is 13.5. The van der Waals surface area contributed by atoms with E-state index in [0.717, 1.165) is 4.31 Å². The first-order valence-electron chi connectivity index (χ1n) is 7.36. The number of sulfonamides is 1. The molecule has 0 spiro atoms. The molecule has 2 atom stereocenters. The minimum atomic E-state index is -3.39. The van der Waals surface area contributed by atoms with E-state index in [1.807, 2.05) is 4.90 Å². The summed E-state index contributed by atoms with van der Waals surface area (Å²) in [5, 5.41) is 10.5. The third kappa shape index (κ3) is 4.22. The predicted octanol–water partition coefficient (Wildman–Crippen LogP) is 1.47. The van der Waals surface area contributed by atoms with Gasteiger partial charge in [0.1, 0.15) is 5.82 Å². The van der Waals surface area contributed by atoms with Gasteiger partial charge in [-0.2, -0.15) is 0 Å². The summed E-state index contributed by atoms with van der Waals surface area (Å²) >= 11 is 6.07. The number of hydrogen-bond donors (Lipinski definition) is 1. The minimum Gasteiger partial charge on any atom is -0.391 e. The number of hydrogen-bond acceptors (Lipinski definition) is 4. The first-order valence-corrected chi connectivity index (χ1v) is 9.34. The van der Waals surface area contributed by atoms with Crippen molar-refractivity contribution in [2.45, 2.75) is 19.6 Å². The van der Waals surface area contributed by atoms with Crippen LogP contribution in [-0.2, 0) is 16.6 Å². The number of β-amino-alcohol motifs (C(OH)–C–C–N with tert-alkyl or cyclic N) is 1. The number of likely N-dealkylation sites (tertiary alicyclic amines) is 1. The van der Waals surface area contributed by atoms with E-state index in [0.29, 0.717) is 29.2 Å². The number of nitrogens with zero attached hydrogens (tertiary/aromatic N) is 2. The van der Waals surface area contributed by atoms with Gasteiger partial charge in [0.05, 0.1) is 11.9 Å². The summed E-state index contributed by atoms with van der Waals surface area (Å²) < 4.78 is 39.3.